The molecule has 7 heteroatoms. The second-order valence-corrected chi connectivity index (χ2v) is 8.30. The maximum atomic E-state index is 12.5. The van der Waals surface area contributed by atoms with Gasteiger partial charge in [0.15, 0.2) is 0 Å². The van der Waals surface area contributed by atoms with Crippen molar-refractivity contribution >= 4 is 16.1 Å². The molecule has 24 heavy (non-hydrogen) atoms. The van der Waals surface area contributed by atoms with Crippen LogP contribution >= 0.6 is 0 Å². The van der Waals surface area contributed by atoms with Crippen LogP contribution < -0.4 is 0 Å². The van der Waals surface area contributed by atoms with Crippen molar-refractivity contribution in [1.82, 2.24) is 4.90 Å². The number of ether oxygens (including phenoxy) is 1. The summed E-state index contributed by atoms with van der Waals surface area (Å²) in [7, 11) is -1.79. The summed E-state index contributed by atoms with van der Waals surface area (Å²) in [4.78, 5) is 13.6. The van der Waals surface area contributed by atoms with E-state index in [1.54, 1.807) is 24.3 Å². The highest BCUT2D eigenvalue weighted by molar-refractivity contribution is 7.86. The number of nitrogens with zero attached hydrogens (tertiary/aromatic N) is 1. The lowest BCUT2D eigenvalue weighted by Gasteiger charge is -2.36. The Bertz CT molecular complexity index is 715. The first-order valence-corrected chi connectivity index (χ1v) is 9.56. The van der Waals surface area contributed by atoms with Crippen LogP contribution in [0.3, 0.4) is 0 Å². The molecule has 3 rings (SSSR count). The molecule has 0 N–H and O–H groups in total. The van der Waals surface area contributed by atoms with E-state index in [2.05, 4.69) is 4.90 Å². The summed E-state index contributed by atoms with van der Waals surface area (Å²) in [6.45, 7) is 3.30. The summed E-state index contributed by atoms with van der Waals surface area (Å²) in [6.07, 6.45) is 1.31. The van der Waals surface area contributed by atoms with Gasteiger partial charge in [-0.2, -0.15) is 8.42 Å². The van der Waals surface area contributed by atoms with Crippen molar-refractivity contribution in [3.8, 4) is 0 Å². The summed E-state index contributed by atoms with van der Waals surface area (Å²) in [5.41, 5.74) is 0.996. The number of esters is 1. The molecule has 2 aliphatic heterocycles. The fourth-order valence-corrected chi connectivity index (χ4v) is 4.83. The largest absolute Gasteiger partial charge is 0.461 e. The topological polar surface area (TPSA) is 72.9 Å². The predicted molar refractivity (Wildman–Crippen MR) is 88.0 cm³/mol. The maximum Gasteiger partial charge on any atom is 0.302 e. The standard InChI is InChI=1S/C17H23NO5S/c1-11-4-6-15(7-5-11)24(20,21)23-14-8-13-9-17(22-12(2)19)16(10-14)18(13)3/h4-7,13-14,16-17H,8-10H2,1-3H3/t13-,14-,16+,17-/m0/s1. The number of fused-ring (bicyclic) bond motifs is 2. The quantitative estimate of drug-likeness (QED) is 0.608. The Balaban J connectivity index is 1.71. The second-order valence-electron chi connectivity index (χ2n) is 6.73. The summed E-state index contributed by atoms with van der Waals surface area (Å²) < 4.78 is 35.8. The van der Waals surface area contributed by atoms with Gasteiger partial charge in [-0.3, -0.25) is 13.9 Å². The number of carbonyl (C=O) groups excluding carboxylic acids is 1. The molecule has 0 aliphatic carbocycles. The molecule has 4 atom stereocenters. The Morgan fingerprint density at radius 1 is 1.17 bits per heavy atom. The Morgan fingerprint density at radius 3 is 2.46 bits per heavy atom. The first kappa shape index (κ1) is 17.4. The van der Waals surface area contributed by atoms with Crippen molar-refractivity contribution in [2.45, 2.75) is 62.3 Å². The number of aryl methyl sites for hydroxylation is 1. The monoisotopic (exact) mass is 353 g/mol. The van der Waals surface area contributed by atoms with E-state index in [4.69, 9.17) is 8.92 Å². The number of piperidine rings is 1. The fraction of sp³-hybridized carbons (Fsp3) is 0.588. The minimum Gasteiger partial charge on any atom is -0.461 e. The van der Waals surface area contributed by atoms with Crippen LogP contribution in [0.1, 0.15) is 31.7 Å². The third kappa shape index (κ3) is 3.48. The van der Waals surface area contributed by atoms with Crippen molar-refractivity contribution in [2.75, 3.05) is 7.05 Å². The van der Waals surface area contributed by atoms with Crippen LogP contribution in [-0.2, 0) is 23.8 Å². The van der Waals surface area contributed by atoms with E-state index in [0.29, 0.717) is 12.8 Å². The highest BCUT2D eigenvalue weighted by Gasteiger charge is 2.47. The van der Waals surface area contributed by atoms with E-state index >= 15 is 0 Å². The Morgan fingerprint density at radius 2 is 1.83 bits per heavy atom. The van der Waals surface area contributed by atoms with Crippen molar-refractivity contribution < 1.29 is 22.1 Å². The molecule has 2 fully saturated rings. The van der Waals surface area contributed by atoms with E-state index in [9.17, 15) is 13.2 Å². The van der Waals surface area contributed by atoms with Crippen LogP contribution in [-0.4, -0.2) is 50.6 Å². The van der Waals surface area contributed by atoms with E-state index in [1.165, 1.54) is 6.92 Å². The van der Waals surface area contributed by atoms with Crippen molar-refractivity contribution in [2.24, 2.45) is 0 Å². The zero-order chi connectivity index (χ0) is 17.5. The molecular formula is C17H23NO5S. The Labute approximate surface area is 142 Å². The van der Waals surface area contributed by atoms with Crippen molar-refractivity contribution in [3.63, 3.8) is 0 Å². The lowest BCUT2D eigenvalue weighted by atomic mass is 10.0. The average Bonchev–Trinajstić information content (AvgIpc) is 2.66. The fourth-order valence-electron chi connectivity index (χ4n) is 3.73. The molecule has 0 unspecified atom stereocenters. The molecule has 2 bridgehead atoms. The summed E-state index contributed by atoms with van der Waals surface area (Å²) in [6, 6.07) is 6.82. The van der Waals surface area contributed by atoms with E-state index in [0.717, 1.165) is 12.0 Å². The van der Waals surface area contributed by atoms with Gasteiger partial charge < -0.3 is 4.74 Å². The average molecular weight is 353 g/mol. The van der Waals surface area contributed by atoms with Crippen molar-refractivity contribution in [1.29, 1.82) is 0 Å². The van der Waals surface area contributed by atoms with Gasteiger partial charge in [-0.1, -0.05) is 17.7 Å². The van der Waals surface area contributed by atoms with Crippen molar-refractivity contribution in [3.05, 3.63) is 29.8 Å². The lowest BCUT2D eigenvalue weighted by molar-refractivity contribution is -0.147. The first-order chi connectivity index (χ1) is 11.3. The molecule has 0 saturated carbocycles. The van der Waals surface area contributed by atoms with Gasteiger partial charge in [0.25, 0.3) is 10.1 Å². The first-order valence-electron chi connectivity index (χ1n) is 8.15. The zero-order valence-corrected chi connectivity index (χ0v) is 15.0. The highest BCUT2D eigenvalue weighted by Crippen LogP contribution is 2.38. The molecule has 1 aromatic carbocycles. The lowest BCUT2D eigenvalue weighted by Crippen LogP contribution is -2.46. The number of likely N-dealkylation sites (N-methyl/N-ethyl adjacent to an activating group) is 1. The van der Waals surface area contributed by atoms with Crippen LogP contribution in [0.4, 0.5) is 0 Å². The van der Waals surface area contributed by atoms with E-state index in [1.807, 2.05) is 14.0 Å². The molecule has 6 nitrogen and oxygen atoms in total. The van der Waals surface area contributed by atoms with Gasteiger partial charge >= 0.3 is 5.97 Å². The number of rotatable bonds is 4. The normalized spacial score (nSPS) is 30.3. The number of carbonyl (C=O) groups is 1. The van der Waals surface area contributed by atoms with E-state index < -0.39 is 10.1 Å². The summed E-state index contributed by atoms with van der Waals surface area (Å²) >= 11 is 0. The minimum atomic E-state index is -3.78. The maximum absolute atomic E-state index is 12.5. The molecule has 1 aromatic rings. The molecule has 2 saturated heterocycles. The molecule has 2 aliphatic rings. The Kier molecular flexibility index (Phi) is 4.68. The summed E-state index contributed by atoms with van der Waals surface area (Å²) in [5, 5.41) is 0. The predicted octanol–water partition coefficient (Wildman–Crippen LogP) is 1.87. The minimum absolute atomic E-state index is 0.00543. The van der Waals surface area contributed by atoms with Crippen LogP contribution in [0.25, 0.3) is 0 Å². The number of benzene rings is 1. The molecule has 2 heterocycles. The number of hydrogen-bond donors (Lipinski definition) is 0. The van der Waals surface area contributed by atoms with Gasteiger partial charge in [0.1, 0.15) is 6.10 Å². The third-order valence-corrected chi connectivity index (χ3v) is 6.34. The molecule has 0 aromatic heterocycles. The van der Waals surface area contributed by atoms with Gasteiger partial charge in [0, 0.05) is 25.4 Å². The smallest absolute Gasteiger partial charge is 0.302 e. The van der Waals surface area contributed by atoms with Gasteiger partial charge in [-0.25, -0.2) is 0 Å². The summed E-state index contributed by atoms with van der Waals surface area (Å²) in [5.74, 6) is -0.300. The second kappa shape index (κ2) is 6.46. The zero-order valence-electron chi connectivity index (χ0n) is 14.1. The van der Waals surface area contributed by atoms with Crippen LogP contribution in [0.2, 0.25) is 0 Å². The highest BCUT2D eigenvalue weighted by atomic mass is 32.2. The van der Waals surface area contributed by atoms with Gasteiger partial charge in [0.2, 0.25) is 0 Å². The van der Waals surface area contributed by atoms with Gasteiger partial charge in [0.05, 0.1) is 11.0 Å². The van der Waals surface area contributed by atoms with Gasteiger partial charge in [-0.05, 0) is 38.9 Å². The van der Waals surface area contributed by atoms with Gasteiger partial charge in [-0.15, -0.1) is 0 Å². The molecule has 0 spiro atoms. The molecule has 0 radical (unpaired) electrons. The molecule has 132 valence electrons. The third-order valence-electron chi connectivity index (χ3n) is 4.96. The SMILES string of the molecule is CC(=O)O[C@H]1C[C@@H]2C[C@H](OS(=O)(=O)c3ccc(C)cc3)C[C@H]1N2C. The van der Waals surface area contributed by atoms with Crippen LogP contribution in [0.15, 0.2) is 29.2 Å². The molecular weight excluding hydrogens is 330 g/mol. The van der Waals surface area contributed by atoms with Crippen LogP contribution in [0.5, 0.6) is 0 Å². The molecule has 0 amide bonds. The van der Waals surface area contributed by atoms with E-state index in [-0.39, 0.29) is 35.2 Å². The number of hydrogen-bond acceptors (Lipinski definition) is 6. The Hall–Kier alpha value is -1.44. The van der Waals surface area contributed by atoms with Crippen LogP contribution in [0, 0.1) is 6.92 Å².